The summed E-state index contributed by atoms with van der Waals surface area (Å²) in [6.45, 7) is 3.73. The summed E-state index contributed by atoms with van der Waals surface area (Å²) >= 11 is 0. The van der Waals surface area contributed by atoms with Crippen LogP contribution in [0.1, 0.15) is 12.6 Å². The third-order valence-corrected chi connectivity index (χ3v) is 2.81. The van der Waals surface area contributed by atoms with Gasteiger partial charge in [0, 0.05) is 31.9 Å². The molecule has 0 atom stereocenters. The van der Waals surface area contributed by atoms with Crippen LogP contribution in [0, 0.1) is 0 Å². The molecule has 1 heterocycles. The predicted molar refractivity (Wildman–Crippen MR) is 73.6 cm³/mol. The molecule has 4 heteroatoms. The van der Waals surface area contributed by atoms with E-state index in [2.05, 4.69) is 34.3 Å². The third kappa shape index (κ3) is 2.71. The number of hydrogen-bond acceptors (Lipinski definition) is 4. The smallest absolute Gasteiger partial charge is 0.181 e. The highest BCUT2D eigenvalue weighted by Gasteiger charge is 2.10. The lowest BCUT2D eigenvalue weighted by molar-refractivity contribution is 0.570. The number of benzene rings is 1. The summed E-state index contributed by atoms with van der Waals surface area (Å²) in [5.74, 6) is 0.847. The van der Waals surface area contributed by atoms with Crippen LogP contribution in [-0.2, 0) is 6.54 Å². The number of anilines is 1. The standard InChI is InChI=1S/C14H19N3O/c1-4-15-9-13-14(18-10-16-13)11-6-5-7-12(8-11)17(2)3/h5-8,10,15H,4,9H2,1-3H3. The zero-order valence-corrected chi connectivity index (χ0v) is 11.1. The lowest BCUT2D eigenvalue weighted by Crippen LogP contribution is -2.12. The van der Waals surface area contributed by atoms with E-state index in [-0.39, 0.29) is 0 Å². The minimum Gasteiger partial charge on any atom is -0.443 e. The Morgan fingerprint density at radius 2 is 2.17 bits per heavy atom. The highest BCUT2D eigenvalue weighted by molar-refractivity contribution is 5.65. The monoisotopic (exact) mass is 245 g/mol. The van der Waals surface area contributed by atoms with Gasteiger partial charge in [0.1, 0.15) is 5.69 Å². The van der Waals surface area contributed by atoms with Gasteiger partial charge in [0.2, 0.25) is 0 Å². The van der Waals surface area contributed by atoms with Crippen LogP contribution in [-0.4, -0.2) is 25.6 Å². The molecule has 0 amide bonds. The number of hydrogen-bond donors (Lipinski definition) is 1. The molecule has 0 aliphatic heterocycles. The second-order valence-electron chi connectivity index (χ2n) is 4.35. The summed E-state index contributed by atoms with van der Waals surface area (Å²) in [4.78, 5) is 6.34. The van der Waals surface area contributed by atoms with E-state index in [1.54, 1.807) is 0 Å². The van der Waals surface area contributed by atoms with Gasteiger partial charge in [-0.3, -0.25) is 0 Å². The second kappa shape index (κ2) is 5.69. The van der Waals surface area contributed by atoms with Gasteiger partial charge >= 0.3 is 0 Å². The Labute approximate surface area is 108 Å². The van der Waals surface area contributed by atoms with Crippen LogP contribution in [0.15, 0.2) is 35.1 Å². The average molecular weight is 245 g/mol. The van der Waals surface area contributed by atoms with Gasteiger partial charge < -0.3 is 14.6 Å². The first-order valence-electron chi connectivity index (χ1n) is 6.13. The summed E-state index contributed by atoms with van der Waals surface area (Å²) in [7, 11) is 4.05. The molecule has 1 aromatic heterocycles. The molecule has 0 spiro atoms. The molecule has 96 valence electrons. The Morgan fingerprint density at radius 3 is 2.89 bits per heavy atom. The van der Waals surface area contributed by atoms with E-state index >= 15 is 0 Å². The number of rotatable bonds is 5. The van der Waals surface area contributed by atoms with Crippen LogP contribution in [0.4, 0.5) is 5.69 Å². The molecule has 0 bridgehead atoms. The molecule has 4 nitrogen and oxygen atoms in total. The first kappa shape index (κ1) is 12.6. The molecule has 0 aliphatic carbocycles. The maximum absolute atomic E-state index is 5.51. The van der Waals surface area contributed by atoms with Crippen molar-refractivity contribution in [3.63, 3.8) is 0 Å². The lowest BCUT2D eigenvalue weighted by Gasteiger charge is -2.13. The largest absolute Gasteiger partial charge is 0.443 e. The molecule has 18 heavy (non-hydrogen) atoms. The summed E-state index contributed by atoms with van der Waals surface area (Å²) < 4.78 is 5.51. The Bertz CT molecular complexity index is 505. The molecule has 1 aromatic carbocycles. The Kier molecular flexibility index (Phi) is 3.99. The van der Waals surface area contributed by atoms with E-state index < -0.39 is 0 Å². The Balaban J connectivity index is 2.30. The minimum absolute atomic E-state index is 0.731. The van der Waals surface area contributed by atoms with Crippen molar-refractivity contribution in [3.05, 3.63) is 36.4 Å². The molecule has 1 N–H and O–H groups in total. The van der Waals surface area contributed by atoms with Crippen LogP contribution in [0.25, 0.3) is 11.3 Å². The van der Waals surface area contributed by atoms with Gasteiger partial charge in [-0.15, -0.1) is 0 Å². The Morgan fingerprint density at radius 1 is 1.33 bits per heavy atom. The van der Waals surface area contributed by atoms with E-state index in [1.165, 1.54) is 6.39 Å². The topological polar surface area (TPSA) is 41.3 Å². The maximum Gasteiger partial charge on any atom is 0.181 e. The summed E-state index contributed by atoms with van der Waals surface area (Å²) in [5.41, 5.74) is 3.16. The molecule has 0 fully saturated rings. The maximum atomic E-state index is 5.51. The third-order valence-electron chi connectivity index (χ3n) is 2.81. The number of oxazole rings is 1. The fourth-order valence-electron chi connectivity index (χ4n) is 1.80. The molecular formula is C14H19N3O. The normalized spacial score (nSPS) is 10.6. The van der Waals surface area contributed by atoms with Crippen molar-refractivity contribution in [2.24, 2.45) is 0 Å². The first-order chi connectivity index (χ1) is 8.72. The van der Waals surface area contributed by atoms with Gasteiger partial charge in [0.05, 0.1) is 0 Å². The van der Waals surface area contributed by atoms with Gasteiger partial charge in [-0.2, -0.15) is 0 Å². The summed E-state index contributed by atoms with van der Waals surface area (Å²) in [6, 6.07) is 8.26. The SMILES string of the molecule is CCNCc1ncoc1-c1cccc(N(C)C)c1. The van der Waals surface area contributed by atoms with E-state index in [0.717, 1.165) is 35.8 Å². The molecule has 0 unspecified atom stereocenters. The number of nitrogens with one attached hydrogen (secondary N) is 1. The Hall–Kier alpha value is -1.81. The highest BCUT2D eigenvalue weighted by atomic mass is 16.3. The second-order valence-corrected chi connectivity index (χ2v) is 4.35. The molecule has 0 radical (unpaired) electrons. The van der Waals surface area contributed by atoms with Crippen molar-refractivity contribution >= 4 is 5.69 Å². The van der Waals surface area contributed by atoms with Gasteiger partial charge in [-0.05, 0) is 18.7 Å². The molecule has 2 rings (SSSR count). The molecule has 2 aromatic rings. The van der Waals surface area contributed by atoms with E-state index in [9.17, 15) is 0 Å². The summed E-state index contributed by atoms with van der Waals surface area (Å²) in [6.07, 6.45) is 1.50. The first-order valence-corrected chi connectivity index (χ1v) is 6.13. The van der Waals surface area contributed by atoms with Crippen LogP contribution < -0.4 is 10.2 Å². The number of aromatic nitrogens is 1. The average Bonchev–Trinajstić information content (AvgIpc) is 2.84. The molecular weight excluding hydrogens is 226 g/mol. The van der Waals surface area contributed by atoms with Crippen LogP contribution in [0.5, 0.6) is 0 Å². The minimum atomic E-state index is 0.731. The zero-order valence-electron chi connectivity index (χ0n) is 11.1. The van der Waals surface area contributed by atoms with E-state index in [1.807, 2.05) is 26.2 Å². The van der Waals surface area contributed by atoms with Crippen molar-refractivity contribution in [2.75, 3.05) is 25.5 Å². The van der Waals surface area contributed by atoms with Gasteiger partial charge in [-0.25, -0.2) is 4.98 Å². The van der Waals surface area contributed by atoms with Crippen LogP contribution in [0.3, 0.4) is 0 Å². The lowest BCUT2D eigenvalue weighted by atomic mass is 10.1. The van der Waals surface area contributed by atoms with Crippen molar-refractivity contribution < 1.29 is 4.42 Å². The quantitative estimate of drug-likeness (QED) is 0.878. The van der Waals surface area contributed by atoms with Gasteiger partial charge in [-0.1, -0.05) is 19.1 Å². The molecule has 0 aliphatic rings. The van der Waals surface area contributed by atoms with Crippen molar-refractivity contribution in [1.82, 2.24) is 10.3 Å². The van der Waals surface area contributed by atoms with E-state index in [4.69, 9.17) is 4.42 Å². The van der Waals surface area contributed by atoms with Crippen LogP contribution in [0.2, 0.25) is 0 Å². The van der Waals surface area contributed by atoms with Gasteiger partial charge in [0.25, 0.3) is 0 Å². The van der Waals surface area contributed by atoms with Crippen molar-refractivity contribution in [1.29, 1.82) is 0 Å². The predicted octanol–water partition coefficient (Wildman–Crippen LogP) is 2.52. The molecule has 0 saturated carbocycles. The summed E-state index contributed by atoms with van der Waals surface area (Å²) in [5, 5.41) is 3.27. The zero-order chi connectivity index (χ0) is 13.0. The molecule has 0 saturated heterocycles. The fraction of sp³-hybridized carbons (Fsp3) is 0.357. The van der Waals surface area contributed by atoms with Crippen LogP contribution >= 0.6 is 0 Å². The van der Waals surface area contributed by atoms with Gasteiger partial charge in [0.15, 0.2) is 12.2 Å². The fourth-order valence-corrected chi connectivity index (χ4v) is 1.80. The van der Waals surface area contributed by atoms with E-state index in [0.29, 0.717) is 0 Å². The number of nitrogens with zero attached hydrogens (tertiary/aromatic N) is 2. The highest BCUT2D eigenvalue weighted by Crippen LogP contribution is 2.26. The van der Waals surface area contributed by atoms with Crippen molar-refractivity contribution in [3.8, 4) is 11.3 Å². The van der Waals surface area contributed by atoms with Crippen molar-refractivity contribution in [2.45, 2.75) is 13.5 Å².